The van der Waals surface area contributed by atoms with Crippen LogP contribution in [0.1, 0.15) is 12.0 Å². The molecule has 1 aliphatic rings. The Bertz CT molecular complexity index is 382. The van der Waals surface area contributed by atoms with Gasteiger partial charge in [0.15, 0.2) is 0 Å². The lowest BCUT2D eigenvalue weighted by Gasteiger charge is -2.41. The van der Waals surface area contributed by atoms with Crippen LogP contribution in [0, 0.1) is 5.82 Å². The summed E-state index contributed by atoms with van der Waals surface area (Å²) in [5.41, 5.74) is 0.589. The summed E-state index contributed by atoms with van der Waals surface area (Å²) in [5, 5.41) is 0. The van der Waals surface area contributed by atoms with E-state index in [1.54, 1.807) is 12.1 Å². The molecule has 1 fully saturated rings. The molecule has 0 aromatic heterocycles. The van der Waals surface area contributed by atoms with Gasteiger partial charge >= 0.3 is 5.97 Å². The molecular formula is C12H13FO3. The molecule has 2 rings (SSSR count). The fraction of sp³-hybridized carbons (Fsp3) is 0.417. The quantitative estimate of drug-likeness (QED) is 0.732. The minimum absolute atomic E-state index is 0.271. The number of benzene rings is 1. The Hall–Kier alpha value is -1.42. The largest absolute Gasteiger partial charge is 0.469 e. The van der Waals surface area contributed by atoms with E-state index >= 15 is 0 Å². The summed E-state index contributed by atoms with van der Waals surface area (Å²) in [6.45, 7) is 0.960. The zero-order valence-corrected chi connectivity index (χ0v) is 9.03. The predicted molar refractivity (Wildman–Crippen MR) is 55.5 cm³/mol. The summed E-state index contributed by atoms with van der Waals surface area (Å²) in [6.07, 6.45) is 0.273. The van der Waals surface area contributed by atoms with Crippen molar-refractivity contribution in [2.24, 2.45) is 0 Å². The lowest BCUT2D eigenvalue weighted by atomic mass is 9.76. The van der Waals surface area contributed by atoms with Crippen LogP contribution in [0.2, 0.25) is 0 Å². The summed E-state index contributed by atoms with van der Waals surface area (Å²) in [6, 6.07) is 6.18. The molecule has 0 N–H and O–H groups in total. The smallest absolute Gasteiger partial charge is 0.306 e. The van der Waals surface area contributed by atoms with E-state index < -0.39 is 0 Å². The fourth-order valence-corrected chi connectivity index (χ4v) is 1.87. The van der Waals surface area contributed by atoms with E-state index in [-0.39, 0.29) is 23.6 Å². The van der Waals surface area contributed by atoms with E-state index in [0.717, 1.165) is 5.56 Å². The maximum atomic E-state index is 12.8. The molecule has 4 heteroatoms. The van der Waals surface area contributed by atoms with Gasteiger partial charge in [-0.3, -0.25) is 4.79 Å². The minimum Gasteiger partial charge on any atom is -0.469 e. The second-order valence-corrected chi connectivity index (χ2v) is 4.03. The van der Waals surface area contributed by atoms with Gasteiger partial charge in [0.05, 0.1) is 32.2 Å². The monoisotopic (exact) mass is 224 g/mol. The lowest BCUT2D eigenvalue weighted by molar-refractivity contribution is -0.148. The third-order valence-corrected chi connectivity index (χ3v) is 2.92. The van der Waals surface area contributed by atoms with Crippen LogP contribution in [-0.4, -0.2) is 26.3 Å². The second kappa shape index (κ2) is 4.22. The van der Waals surface area contributed by atoms with E-state index in [9.17, 15) is 9.18 Å². The molecule has 1 saturated heterocycles. The van der Waals surface area contributed by atoms with Crippen molar-refractivity contribution in [2.45, 2.75) is 11.8 Å². The third-order valence-electron chi connectivity index (χ3n) is 2.92. The molecule has 0 bridgehead atoms. The average molecular weight is 224 g/mol. The van der Waals surface area contributed by atoms with Crippen LogP contribution in [0.25, 0.3) is 0 Å². The van der Waals surface area contributed by atoms with Gasteiger partial charge in [-0.05, 0) is 17.7 Å². The molecule has 0 unspecified atom stereocenters. The highest BCUT2D eigenvalue weighted by atomic mass is 19.1. The number of hydrogen-bond acceptors (Lipinski definition) is 3. The Labute approximate surface area is 93.2 Å². The van der Waals surface area contributed by atoms with Crippen LogP contribution < -0.4 is 0 Å². The number of hydrogen-bond donors (Lipinski definition) is 0. The molecule has 0 radical (unpaired) electrons. The zero-order chi connectivity index (χ0) is 11.6. The Morgan fingerprint density at radius 3 is 2.50 bits per heavy atom. The third kappa shape index (κ3) is 1.93. The first-order valence-electron chi connectivity index (χ1n) is 5.07. The van der Waals surface area contributed by atoms with E-state index in [1.165, 1.54) is 19.2 Å². The minimum atomic E-state index is -0.333. The Morgan fingerprint density at radius 1 is 1.44 bits per heavy atom. The molecule has 0 aliphatic carbocycles. The standard InChI is InChI=1S/C12H13FO3/c1-15-11(14)6-12(7-16-8-12)9-2-4-10(13)5-3-9/h2-5H,6-8H2,1H3. The van der Waals surface area contributed by atoms with Crippen LogP contribution >= 0.6 is 0 Å². The van der Waals surface area contributed by atoms with E-state index in [0.29, 0.717) is 13.2 Å². The second-order valence-electron chi connectivity index (χ2n) is 4.03. The number of ether oxygens (including phenoxy) is 2. The summed E-state index contributed by atoms with van der Waals surface area (Å²) in [4.78, 5) is 11.3. The van der Waals surface area contributed by atoms with Crippen molar-refractivity contribution in [3.8, 4) is 0 Å². The number of halogens is 1. The van der Waals surface area contributed by atoms with Crippen LogP contribution in [-0.2, 0) is 19.7 Å². The SMILES string of the molecule is COC(=O)CC1(c2ccc(F)cc2)COC1. The number of esters is 1. The molecule has 86 valence electrons. The molecule has 16 heavy (non-hydrogen) atoms. The molecular weight excluding hydrogens is 211 g/mol. The maximum absolute atomic E-state index is 12.8. The average Bonchev–Trinajstić information content (AvgIpc) is 2.24. The predicted octanol–water partition coefficient (Wildman–Crippen LogP) is 1.66. The molecule has 0 atom stereocenters. The summed E-state index contributed by atoms with van der Waals surface area (Å²) in [5.74, 6) is -0.551. The van der Waals surface area contributed by atoms with Gasteiger partial charge in [0, 0.05) is 0 Å². The van der Waals surface area contributed by atoms with Crippen molar-refractivity contribution < 1.29 is 18.7 Å². The molecule has 3 nitrogen and oxygen atoms in total. The maximum Gasteiger partial charge on any atom is 0.306 e. The molecule has 0 spiro atoms. The van der Waals surface area contributed by atoms with Gasteiger partial charge < -0.3 is 9.47 Å². The zero-order valence-electron chi connectivity index (χ0n) is 9.03. The van der Waals surface area contributed by atoms with Crippen molar-refractivity contribution in [3.05, 3.63) is 35.6 Å². The highest BCUT2D eigenvalue weighted by molar-refractivity contribution is 5.71. The van der Waals surface area contributed by atoms with Crippen LogP contribution in [0.15, 0.2) is 24.3 Å². The number of rotatable bonds is 3. The normalized spacial score (nSPS) is 17.6. The van der Waals surface area contributed by atoms with Gasteiger partial charge in [-0.25, -0.2) is 4.39 Å². The van der Waals surface area contributed by atoms with Crippen molar-refractivity contribution in [1.82, 2.24) is 0 Å². The summed E-state index contributed by atoms with van der Waals surface area (Å²) >= 11 is 0. The van der Waals surface area contributed by atoms with Crippen LogP contribution in [0.5, 0.6) is 0 Å². The van der Waals surface area contributed by atoms with E-state index in [2.05, 4.69) is 4.74 Å². The van der Waals surface area contributed by atoms with Crippen LogP contribution in [0.4, 0.5) is 4.39 Å². The first-order valence-corrected chi connectivity index (χ1v) is 5.07. The van der Waals surface area contributed by atoms with Crippen molar-refractivity contribution in [2.75, 3.05) is 20.3 Å². The highest BCUT2D eigenvalue weighted by Gasteiger charge is 2.42. The molecule has 0 amide bonds. The summed E-state index contributed by atoms with van der Waals surface area (Å²) in [7, 11) is 1.36. The Kier molecular flexibility index (Phi) is 2.92. The molecule has 1 aliphatic heterocycles. The van der Waals surface area contributed by atoms with Crippen molar-refractivity contribution in [3.63, 3.8) is 0 Å². The molecule has 1 aromatic carbocycles. The molecule has 0 saturated carbocycles. The Morgan fingerprint density at radius 2 is 2.06 bits per heavy atom. The van der Waals surface area contributed by atoms with Gasteiger partial charge in [0.1, 0.15) is 5.82 Å². The topological polar surface area (TPSA) is 35.5 Å². The van der Waals surface area contributed by atoms with Gasteiger partial charge in [0.25, 0.3) is 0 Å². The van der Waals surface area contributed by atoms with Gasteiger partial charge in [-0.1, -0.05) is 12.1 Å². The van der Waals surface area contributed by atoms with Gasteiger partial charge in [-0.2, -0.15) is 0 Å². The van der Waals surface area contributed by atoms with Crippen molar-refractivity contribution in [1.29, 1.82) is 0 Å². The Balaban J connectivity index is 2.21. The van der Waals surface area contributed by atoms with Crippen LogP contribution in [0.3, 0.4) is 0 Å². The highest BCUT2D eigenvalue weighted by Crippen LogP contribution is 2.36. The summed E-state index contributed by atoms with van der Waals surface area (Å²) < 4.78 is 22.6. The number of carbonyl (C=O) groups is 1. The van der Waals surface area contributed by atoms with E-state index in [1.807, 2.05) is 0 Å². The fourth-order valence-electron chi connectivity index (χ4n) is 1.87. The van der Waals surface area contributed by atoms with Gasteiger partial charge in [-0.15, -0.1) is 0 Å². The molecule has 1 aromatic rings. The van der Waals surface area contributed by atoms with Crippen molar-refractivity contribution >= 4 is 5.97 Å². The van der Waals surface area contributed by atoms with E-state index in [4.69, 9.17) is 4.74 Å². The number of carbonyl (C=O) groups excluding carboxylic acids is 1. The molecule has 1 heterocycles. The first-order chi connectivity index (χ1) is 7.66. The lowest BCUT2D eigenvalue weighted by Crippen LogP contribution is -2.48. The number of methoxy groups -OCH3 is 1. The van der Waals surface area contributed by atoms with Gasteiger partial charge in [0.2, 0.25) is 0 Å². The first kappa shape index (κ1) is 11.1.